The molecule has 0 heterocycles. The average Bonchev–Trinajstić information content (AvgIpc) is 2.93. The molecule has 6 heteroatoms. The number of phenolic OH excluding ortho intramolecular Hbond substituents is 1. The van der Waals surface area contributed by atoms with Gasteiger partial charge in [0, 0.05) is 18.9 Å². The Morgan fingerprint density at radius 3 is 2.60 bits per heavy atom. The zero-order valence-electron chi connectivity index (χ0n) is 20.4. The van der Waals surface area contributed by atoms with Crippen LogP contribution in [0.2, 0.25) is 0 Å². The van der Waals surface area contributed by atoms with Crippen molar-refractivity contribution in [3.05, 3.63) is 59.2 Å². The summed E-state index contributed by atoms with van der Waals surface area (Å²) in [5.41, 5.74) is 3.34. The van der Waals surface area contributed by atoms with Crippen LogP contribution in [0.3, 0.4) is 0 Å². The van der Waals surface area contributed by atoms with Crippen molar-refractivity contribution in [2.75, 3.05) is 13.2 Å². The molecule has 0 fully saturated rings. The van der Waals surface area contributed by atoms with E-state index in [1.807, 2.05) is 18.2 Å². The molecule has 6 nitrogen and oxygen atoms in total. The normalized spacial score (nSPS) is 19.7. The number of fused-ring (bicyclic) bond motifs is 1. The van der Waals surface area contributed by atoms with E-state index in [2.05, 4.69) is 18.2 Å². The Morgan fingerprint density at radius 2 is 1.89 bits per heavy atom. The number of aliphatic hydroxyl groups excluding tert-OH is 2. The van der Waals surface area contributed by atoms with Crippen molar-refractivity contribution in [2.24, 2.45) is 17.8 Å². The van der Waals surface area contributed by atoms with Gasteiger partial charge in [-0.2, -0.15) is 0 Å². The number of hydrogen-bond acceptors (Lipinski definition) is 6. The zero-order valence-corrected chi connectivity index (χ0v) is 20.4. The predicted octanol–water partition coefficient (Wildman–Crippen LogP) is 4.36. The highest BCUT2D eigenvalue weighted by atomic mass is 16.3. The number of phenols is 1. The summed E-state index contributed by atoms with van der Waals surface area (Å²) >= 11 is 0. The highest BCUT2D eigenvalue weighted by Gasteiger charge is 2.35. The molecule has 0 amide bonds. The molecule has 3 rings (SSSR count). The second-order valence-corrected chi connectivity index (χ2v) is 9.69. The van der Waals surface area contributed by atoms with Gasteiger partial charge in [0.1, 0.15) is 17.3 Å². The van der Waals surface area contributed by atoms with Crippen LogP contribution in [-0.2, 0) is 16.0 Å². The van der Waals surface area contributed by atoms with Crippen LogP contribution in [0.25, 0.3) is 5.57 Å². The Morgan fingerprint density at radius 1 is 1.11 bits per heavy atom. The first-order valence-electron chi connectivity index (χ1n) is 12.5. The fraction of sp³-hybridized carbons (Fsp3) is 0.483. The Labute approximate surface area is 207 Å². The van der Waals surface area contributed by atoms with Crippen LogP contribution in [0.15, 0.2) is 42.5 Å². The summed E-state index contributed by atoms with van der Waals surface area (Å²) in [4.78, 5) is 37.3. The number of carbonyl (C=O) groups excluding carboxylic acids is 3. The number of hydrogen-bond donors (Lipinski definition) is 3. The maximum absolute atomic E-state index is 13.2. The van der Waals surface area contributed by atoms with E-state index in [0.717, 1.165) is 36.0 Å². The number of allylic oxidation sites excluding steroid dienone is 6. The monoisotopic (exact) mass is 480 g/mol. The minimum atomic E-state index is -0.748. The van der Waals surface area contributed by atoms with Gasteiger partial charge in [-0.15, -0.1) is 0 Å². The van der Waals surface area contributed by atoms with Gasteiger partial charge < -0.3 is 15.3 Å². The Bertz CT molecular complexity index is 1030. The van der Waals surface area contributed by atoms with E-state index in [1.165, 1.54) is 6.92 Å². The van der Waals surface area contributed by atoms with Gasteiger partial charge in [0.2, 0.25) is 0 Å². The van der Waals surface area contributed by atoms with E-state index in [4.69, 9.17) is 0 Å². The van der Waals surface area contributed by atoms with Crippen molar-refractivity contribution >= 4 is 22.9 Å². The third-order valence-corrected chi connectivity index (χ3v) is 7.08. The fourth-order valence-electron chi connectivity index (χ4n) is 5.45. The second kappa shape index (κ2) is 12.8. The molecule has 188 valence electrons. The Hall–Kier alpha value is -2.83. The molecule has 0 saturated heterocycles. The smallest absolute Gasteiger partial charge is 0.167 e. The molecule has 1 aromatic rings. The van der Waals surface area contributed by atoms with E-state index >= 15 is 0 Å². The van der Waals surface area contributed by atoms with Gasteiger partial charge in [0.05, 0.1) is 18.6 Å². The van der Waals surface area contributed by atoms with Crippen LogP contribution in [0.5, 0.6) is 5.75 Å². The van der Waals surface area contributed by atoms with Crippen LogP contribution >= 0.6 is 0 Å². The first kappa shape index (κ1) is 26.8. The number of rotatable bonds is 10. The largest absolute Gasteiger partial charge is 0.507 e. The minimum absolute atomic E-state index is 0.00700. The number of benzene rings is 1. The molecule has 3 atom stereocenters. The lowest BCUT2D eigenvalue weighted by Gasteiger charge is -2.32. The van der Waals surface area contributed by atoms with E-state index < -0.39 is 12.5 Å². The molecule has 3 unspecified atom stereocenters. The third-order valence-electron chi connectivity index (χ3n) is 7.08. The molecule has 0 saturated carbocycles. The van der Waals surface area contributed by atoms with Gasteiger partial charge in [-0.05, 0) is 80.1 Å². The van der Waals surface area contributed by atoms with E-state index in [9.17, 15) is 29.7 Å². The topological polar surface area (TPSA) is 112 Å². The molecule has 2 aliphatic carbocycles. The molecule has 0 radical (unpaired) electrons. The van der Waals surface area contributed by atoms with Crippen LogP contribution in [0, 0.1) is 17.8 Å². The number of aromatic hydroxyl groups is 1. The molecule has 0 bridgehead atoms. The summed E-state index contributed by atoms with van der Waals surface area (Å²) in [6.07, 6.45) is 14.2. The highest BCUT2D eigenvalue weighted by molar-refractivity contribution is 6.02. The molecule has 3 N–H and O–H groups in total. The lowest BCUT2D eigenvalue weighted by atomic mass is 9.72. The van der Waals surface area contributed by atoms with E-state index in [0.29, 0.717) is 24.8 Å². The fourth-order valence-corrected chi connectivity index (χ4v) is 5.45. The van der Waals surface area contributed by atoms with Crippen LogP contribution in [0.1, 0.15) is 73.4 Å². The van der Waals surface area contributed by atoms with E-state index in [1.54, 1.807) is 6.07 Å². The molecular formula is C29H36O6. The maximum Gasteiger partial charge on any atom is 0.167 e. The van der Waals surface area contributed by atoms with Crippen molar-refractivity contribution in [1.29, 1.82) is 0 Å². The molecule has 2 aliphatic rings. The summed E-state index contributed by atoms with van der Waals surface area (Å²) < 4.78 is 0. The third kappa shape index (κ3) is 6.86. The average molecular weight is 481 g/mol. The lowest BCUT2D eigenvalue weighted by Crippen LogP contribution is -2.32. The first-order valence-corrected chi connectivity index (χ1v) is 12.5. The Kier molecular flexibility index (Phi) is 9.75. The zero-order chi connectivity index (χ0) is 25.4. The van der Waals surface area contributed by atoms with Gasteiger partial charge in [-0.3, -0.25) is 14.4 Å². The number of carbonyl (C=O) groups is 3. The van der Waals surface area contributed by atoms with Crippen LogP contribution < -0.4 is 0 Å². The molecular weight excluding hydrogens is 444 g/mol. The van der Waals surface area contributed by atoms with Crippen molar-refractivity contribution in [3.63, 3.8) is 0 Å². The van der Waals surface area contributed by atoms with Crippen LogP contribution in [0.4, 0.5) is 0 Å². The Balaban J connectivity index is 1.91. The van der Waals surface area contributed by atoms with Crippen molar-refractivity contribution < 1.29 is 29.7 Å². The summed E-state index contributed by atoms with van der Waals surface area (Å²) in [7, 11) is 0. The molecule has 0 aliphatic heterocycles. The van der Waals surface area contributed by atoms with Crippen molar-refractivity contribution in [2.45, 2.75) is 58.3 Å². The standard InChI is InChI=1S/C29H36O6/c1-19(32)14-27(34)25(18-31)22(12-13-30)15-20-16-24-23(10-11-26(33)29(24)28(35)17-20)21-8-6-4-2-3-5-7-9-21/h2-5,8,10-11,20,22,25,30-31,33H,6-7,9,12-18H2,1H3. The number of Topliss-reactive ketones (excluding diaryl/α,β-unsaturated/α-hetero) is 3. The first-order chi connectivity index (χ1) is 16.8. The summed E-state index contributed by atoms with van der Waals surface area (Å²) in [6.45, 7) is 0.801. The van der Waals surface area contributed by atoms with Crippen LogP contribution in [-0.4, -0.2) is 45.9 Å². The SMILES string of the molecule is CC(=O)CC(=O)C(CO)C(CCO)CC1CC(=O)c2c(O)ccc(C3=CCC=CC=CCC3)c2C1. The summed E-state index contributed by atoms with van der Waals surface area (Å²) in [5, 5.41) is 30.1. The summed E-state index contributed by atoms with van der Waals surface area (Å²) in [6, 6.07) is 3.49. The molecule has 1 aromatic carbocycles. The number of ketones is 3. The van der Waals surface area contributed by atoms with Gasteiger partial charge in [-0.1, -0.05) is 36.4 Å². The molecule has 0 spiro atoms. The summed E-state index contributed by atoms with van der Waals surface area (Å²) in [5.74, 6) is -1.90. The van der Waals surface area contributed by atoms with Gasteiger partial charge >= 0.3 is 0 Å². The maximum atomic E-state index is 13.2. The predicted molar refractivity (Wildman–Crippen MR) is 135 cm³/mol. The van der Waals surface area contributed by atoms with Crippen molar-refractivity contribution in [3.8, 4) is 5.75 Å². The lowest BCUT2D eigenvalue weighted by molar-refractivity contribution is -0.131. The quantitative estimate of drug-likeness (QED) is 0.429. The second-order valence-electron chi connectivity index (χ2n) is 9.69. The molecule has 0 aromatic heterocycles. The highest BCUT2D eigenvalue weighted by Crippen LogP contribution is 2.40. The van der Waals surface area contributed by atoms with Gasteiger partial charge in [0.25, 0.3) is 0 Å². The minimum Gasteiger partial charge on any atom is -0.507 e. The van der Waals surface area contributed by atoms with E-state index in [-0.39, 0.29) is 54.4 Å². The van der Waals surface area contributed by atoms with Gasteiger partial charge in [-0.25, -0.2) is 0 Å². The molecule has 35 heavy (non-hydrogen) atoms. The number of aliphatic hydroxyl groups is 2. The van der Waals surface area contributed by atoms with Gasteiger partial charge in [0.15, 0.2) is 5.78 Å². The van der Waals surface area contributed by atoms with Crippen molar-refractivity contribution in [1.82, 2.24) is 0 Å².